The van der Waals surface area contributed by atoms with E-state index < -0.39 is 0 Å². The Morgan fingerprint density at radius 3 is 2.46 bits per heavy atom. The van der Waals surface area contributed by atoms with Crippen molar-refractivity contribution < 1.29 is 4.79 Å². The molecular formula is C20H23ClN4O. The quantitative estimate of drug-likeness (QED) is 0.897. The second kappa shape index (κ2) is 6.03. The molecule has 0 spiro atoms. The summed E-state index contributed by atoms with van der Waals surface area (Å²) in [6.07, 6.45) is 4.60. The number of benzene rings is 1. The number of primary amides is 1. The number of fused-ring (bicyclic) bond motifs is 1. The van der Waals surface area contributed by atoms with Crippen LogP contribution in [-0.4, -0.2) is 33.9 Å². The molecule has 1 aliphatic heterocycles. The molecule has 2 atom stereocenters. The Morgan fingerprint density at radius 2 is 1.92 bits per heavy atom. The maximum Gasteiger partial charge on any atom is 0.225 e. The van der Waals surface area contributed by atoms with Crippen LogP contribution in [0.1, 0.15) is 25.8 Å². The highest BCUT2D eigenvalue weighted by Crippen LogP contribution is 2.62. The van der Waals surface area contributed by atoms with E-state index in [1.165, 1.54) is 0 Å². The van der Waals surface area contributed by atoms with Crippen molar-refractivity contribution in [1.82, 2.24) is 14.9 Å². The molecule has 5 nitrogen and oxygen atoms in total. The van der Waals surface area contributed by atoms with E-state index >= 15 is 0 Å². The first kappa shape index (κ1) is 17.4. The molecule has 6 heteroatoms. The second-order valence-corrected chi connectivity index (χ2v) is 8.77. The van der Waals surface area contributed by atoms with Gasteiger partial charge in [-0.3, -0.25) is 9.69 Å². The molecule has 4 rings (SSSR count). The topological polar surface area (TPSA) is 72.1 Å². The molecule has 0 unspecified atom stereocenters. The van der Waals surface area contributed by atoms with Gasteiger partial charge in [-0.25, -0.2) is 9.97 Å². The normalized spacial score (nSPS) is 27.0. The van der Waals surface area contributed by atoms with E-state index in [4.69, 9.17) is 17.3 Å². The molecule has 1 aromatic carbocycles. The molecule has 136 valence electrons. The number of carbonyl (C=O) groups is 1. The monoisotopic (exact) mass is 370 g/mol. The Hall–Kier alpha value is -1.98. The van der Waals surface area contributed by atoms with Gasteiger partial charge in [0.2, 0.25) is 5.91 Å². The summed E-state index contributed by atoms with van der Waals surface area (Å²) in [7, 11) is 0. The minimum Gasteiger partial charge on any atom is -0.369 e. The maximum atomic E-state index is 12.1. The summed E-state index contributed by atoms with van der Waals surface area (Å²) in [5.41, 5.74) is 7.55. The Kier molecular flexibility index (Phi) is 4.04. The lowest BCUT2D eigenvalue weighted by Crippen LogP contribution is -2.59. The van der Waals surface area contributed by atoms with Crippen LogP contribution in [-0.2, 0) is 11.3 Å². The number of nitrogens with two attached hydrogens (primary N) is 1. The zero-order valence-corrected chi connectivity index (χ0v) is 15.8. The Bertz CT molecular complexity index is 834. The SMILES string of the molecule is CC1(C)C[C@]2(C(N)=O)CN(Cc3cnc(-c4ccc(Cl)cc4)nc3)C[C@H]12. The van der Waals surface area contributed by atoms with Crippen LogP contribution in [0.15, 0.2) is 36.7 Å². The second-order valence-electron chi connectivity index (χ2n) is 8.33. The van der Waals surface area contributed by atoms with Gasteiger partial charge in [-0.2, -0.15) is 0 Å². The van der Waals surface area contributed by atoms with Crippen molar-refractivity contribution in [2.75, 3.05) is 13.1 Å². The van der Waals surface area contributed by atoms with Crippen molar-refractivity contribution in [3.8, 4) is 11.4 Å². The molecular weight excluding hydrogens is 348 g/mol. The predicted molar refractivity (Wildman–Crippen MR) is 101 cm³/mol. The molecule has 0 radical (unpaired) electrons. The molecule has 1 saturated carbocycles. The van der Waals surface area contributed by atoms with Crippen molar-refractivity contribution in [3.63, 3.8) is 0 Å². The molecule has 1 aromatic heterocycles. The number of amides is 1. The first-order chi connectivity index (χ1) is 12.3. The third-order valence-corrected chi connectivity index (χ3v) is 6.28. The Morgan fingerprint density at radius 1 is 1.27 bits per heavy atom. The van der Waals surface area contributed by atoms with Gasteiger partial charge in [-0.1, -0.05) is 25.4 Å². The zero-order valence-electron chi connectivity index (χ0n) is 15.1. The van der Waals surface area contributed by atoms with Crippen LogP contribution in [0.2, 0.25) is 5.02 Å². The number of carbonyl (C=O) groups excluding carboxylic acids is 1. The van der Waals surface area contributed by atoms with E-state index in [2.05, 4.69) is 28.7 Å². The van der Waals surface area contributed by atoms with Crippen molar-refractivity contribution in [2.24, 2.45) is 22.5 Å². The van der Waals surface area contributed by atoms with Gasteiger partial charge in [0.05, 0.1) is 5.41 Å². The zero-order chi connectivity index (χ0) is 18.5. The molecule has 1 amide bonds. The van der Waals surface area contributed by atoms with Gasteiger partial charge in [0, 0.05) is 48.2 Å². The van der Waals surface area contributed by atoms with Crippen LogP contribution < -0.4 is 5.73 Å². The molecule has 1 saturated heterocycles. The minimum absolute atomic E-state index is 0.154. The molecule has 2 heterocycles. The fraction of sp³-hybridized carbons (Fsp3) is 0.450. The lowest BCUT2D eigenvalue weighted by atomic mass is 9.48. The largest absolute Gasteiger partial charge is 0.369 e. The number of likely N-dealkylation sites (tertiary alicyclic amines) is 1. The van der Waals surface area contributed by atoms with Gasteiger partial charge in [0.1, 0.15) is 0 Å². The van der Waals surface area contributed by atoms with E-state index in [1.807, 2.05) is 36.7 Å². The first-order valence-electron chi connectivity index (χ1n) is 8.89. The van der Waals surface area contributed by atoms with Crippen LogP contribution in [0, 0.1) is 16.7 Å². The van der Waals surface area contributed by atoms with E-state index in [0.717, 1.165) is 37.2 Å². The number of nitrogens with zero attached hydrogens (tertiary/aromatic N) is 3. The van der Waals surface area contributed by atoms with Gasteiger partial charge >= 0.3 is 0 Å². The molecule has 2 aliphatic rings. The highest BCUT2D eigenvalue weighted by Gasteiger charge is 2.65. The number of rotatable bonds is 4. The fourth-order valence-corrected chi connectivity index (χ4v) is 5.01. The fourth-order valence-electron chi connectivity index (χ4n) is 4.89. The molecule has 0 bridgehead atoms. The summed E-state index contributed by atoms with van der Waals surface area (Å²) in [4.78, 5) is 23.3. The number of hydrogen-bond donors (Lipinski definition) is 1. The molecule has 2 N–H and O–H groups in total. The van der Waals surface area contributed by atoms with Gasteiger partial charge in [0.15, 0.2) is 5.82 Å². The Balaban J connectivity index is 1.47. The van der Waals surface area contributed by atoms with Gasteiger partial charge in [-0.15, -0.1) is 0 Å². The van der Waals surface area contributed by atoms with Gasteiger partial charge in [-0.05, 0) is 42.0 Å². The highest BCUT2D eigenvalue weighted by atomic mass is 35.5. The van der Waals surface area contributed by atoms with Crippen molar-refractivity contribution in [1.29, 1.82) is 0 Å². The lowest BCUT2D eigenvalue weighted by molar-refractivity contribution is -0.148. The number of halogens is 1. The van der Waals surface area contributed by atoms with E-state index in [1.54, 1.807) is 0 Å². The van der Waals surface area contributed by atoms with Crippen molar-refractivity contribution in [3.05, 3.63) is 47.2 Å². The van der Waals surface area contributed by atoms with Gasteiger partial charge < -0.3 is 5.73 Å². The summed E-state index contributed by atoms with van der Waals surface area (Å²) >= 11 is 5.92. The van der Waals surface area contributed by atoms with E-state index in [9.17, 15) is 4.79 Å². The minimum atomic E-state index is -0.354. The number of aromatic nitrogens is 2. The molecule has 1 aliphatic carbocycles. The molecule has 2 aromatic rings. The summed E-state index contributed by atoms with van der Waals surface area (Å²) < 4.78 is 0. The number of hydrogen-bond acceptors (Lipinski definition) is 4. The maximum absolute atomic E-state index is 12.1. The third-order valence-electron chi connectivity index (χ3n) is 6.03. The van der Waals surface area contributed by atoms with Crippen LogP contribution in [0.25, 0.3) is 11.4 Å². The summed E-state index contributed by atoms with van der Waals surface area (Å²) in [6, 6.07) is 7.49. The van der Waals surface area contributed by atoms with Crippen LogP contribution in [0.3, 0.4) is 0 Å². The van der Waals surface area contributed by atoms with Crippen molar-refractivity contribution >= 4 is 17.5 Å². The standard InChI is InChI=1S/C20H23ClN4O/c1-19(2)11-20(18(22)26)12-25(10-16(19)20)9-13-7-23-17(24-8-13)14-3-5-15(21)6-4-14/h3-8,16H,9-12H2,1-2H3,(H2,22,26)/t16-,20+/m1/s1. The lowest BCUT2D eigenvalue weighted by Gasteiger charge is -2.54. The van der Waals surface area contributed by atoms with Crippen LogP contribution in [0.4, 0.5) is 0 Å². The summed E-state index contributed by atoms with van der Waals surface area (Å²) in [6.45, 7) is 6.82. The Labute approximate surface area is 158 Å². The van der Waals surface area contributed by atoms with Crippen molar-refractivity contribution in [2.45, 2.75) is 26.8 Å². The molecule has 26 heavy (non-hydrogen) atoms. The van der Waals surface area contributed by atoms with E-state index in [-0.39, 0.29) is 16.7 Å². The van der Waals surface area contributed by atoms with Gasteiger partial charge in [0.25, 0.3) is 0 Å². The van der Waals surface area contributed by atoms with E-state index in [0.29, 0.717) is 16.8 Å². The smallest absolute Gasteiger partial charge is 0.225 e. The summed E-state index contributed by atoms with van der Waals surface area (Å²) in [5, 5.41) is 0.695. The predicted octanol–water partition coefficient (Wildman–Crippen LogP) is 3.13. The average molecular weight is 371 g/mol. The van der Waals surface area contributed by atoms with Crippen LogP contribution in [0.5, 0.6) is 0 Å². The average Bonchev–Trinajstić information content (AvgIpc) is 2.92. The first-order valence-corrected chi connectivity index (χ1v) is 9.27. The summed E-state index contributed by atoms with van der Waals surface area (Å²) in [5.74, 6) is 0.863. The molecule has 2 fully saturated rings. The third kappa shape index (κ3) is 2.79. The highest BCUT2D eigenvalue weighted by molar-refractivity contribution is 6.30. The van der Waals surface area contributed by atoms with Crippen LogP contribution >= 0.6 is 11.6 Å².